The molecule has 1 aromatic carbocycles. The van der Waals surface area contributed by atoms with E-state index in [0.29, 0.717) is 17.8 Å². The van der Waals surface area contributed by atoms with E-state index >= 15 is 0 Å². The summed E-state index contributed by atoms with van der Waals surface area (Å²) in [6.45, 7) is 4.18. The van der Waals surface area contributed by atoms with Gasteiger partial charge in [0.15, 0.2) is 0 Å². The Balaban J connectivity index is 1.65. The third-order valence-corrected chi connectivity index (χ3v) is 6.33. The standard InChI is InChI=1S/C29H30N4O4/c1-20-17-33(21(2)19-34)28(35)24-15-23(13-12-22-9-5-4-6-10-22)16-31-27(24)37-26(20)18-32(3)29(36)25-11-7-8-14-30-25/h4-11,14-16,20-21,26,34H,17-19H2,1-3H3/t20-,21-,26+/m0/s1. The first kappa shape index (κ1) is 25.9. The zero-order chi connectivity index (χ0) is 26.4. The fourth-order valence-corrected chi connectivity index (χ4v) is 4.09. The Bertz CT molecular complexity index is 1300. The van der Waals surface area contributed by atoms with Crippen LogP contribution in [0.25, 0.3) is 0 Å². The number of amides is 2. The highest BCUT2D eigenvalue weighted by molar-refractivity contribution is 5.97. The zero-order valence-corrected chi connectivity index (χ0v) is 21.2. The summed E-state index contributed by atoms with van der Waals surface area (Å²) in [6.07, 6.45) is 2.70. The van der Waals surface area contributed by atoms with Gasteiger partial charge < -0.3 is 19.6 Å². The normalized spacial score (nSPS) is 17.8. The lowest BCUT2D eigenvalue weighted by molar-refractivity contribution is 0.0312. The molecule has 37 heavy (non-hydrogen) atoms. The van der Waals surface area contributed by atoms with Crippen molar-refractivity contribution in [3.63, 3.8) is 0 Å². The van der Waals surface area contributed by atoms with Crippen molar-refractivity contribution in [3.05, 3.63) is 89.4 Å². The van der Waals surface area contributed by atoms with Crippen molar-refractivity contribution in [2.24, 2.45) is 5.92 Å². The number of likely N-dealkylation sites (N-methyl/N-ethyl adjacent to an activating group) is 1. The van der Waals surface area contributed by atoms with Gasteiger partial charge >= 0.3 is 0 Å². The lowest BCUT2D eigenvalue weighted by Crippen LogP contribution is -2.50. The Morgan fingerprint density at radius 2 is 1.89 bits per heavy atom. The number of aliphatic hydroxyl groups is 1. The number of benzene rings is 1. The smallest absolute Gasteiger partial charge is 0.272 e. The molecule has 1 N–H and O–H groups in total. The Labute approximate surface area is 216 Å². The average molecular weight is 499 g/mol. The van der Waals surface area contributed by atoms with Crippen molar-refractivity contribution < 1.29 is 19.4 Å². The van der Waals surface area contributed by atoms with Gasteiger partial charge in [0.2, 0.25) is 5.88 Å². The molecule has 0 aliphatic carbocycles. The van der Waals surface area contributed by atoms with E-state index in [0.717, 1.165) is 5.56 Å². The maximum Gasteiger partial charge on any atom is 0.272 e. The zero-order valence-electron chi connectivity index (χ0n) is 21.2. The van der Waals surface area contributed by atoms with Crippen molar-refractivity contribution >= 4 is 11.8 Å². The molecule has 0 unspecified atom stereocenters. The van der Waals surface area contributed by atoms with Gasteiger partial charge in [-0.3, -0.25) is 14.6 Å². The summed E-state index contributed by atoms with van der Waals surface area (Å²) < 4.78 is 6.27. The SMILES string of the molecule is C[C@H]1CN([C@@H](C)CO)C(=O)c2cc(C#Cc3ccccc3)cnc2O[C@@H]1CN(C)C(=O)c1ccccn1. The first-order valence-electron chi connectivity index (χ1n) is 12.2. The number of pyridine rings is 2. The van der Waals surface area contributed by atoms with E-state index in [1.807, 2.05) is 37.3 Å². The molecule has 8 heteroatoms. The minimum absolute atomic E-state index is 0.149. The minimum atomic E-state index is -0.452. The number of rotatable bonds is 5. The number of nitrogens with zero attached hydrogens (tertiary/aromatic N) is 4. The number of aromatic nitrogens is 2. The number of ether oxygens (including phenoxy) is 1. The summed E-state index contributed by atoms with van der Waals surface area (Å²) >= 11 is 0. The van der Waals surface area contributed by atoms with Crippen LogP contribution in [0.1, 0.15) is 45.8 Å². The molecule has 8 nitrogen and oxygen atoms in total. The molecule has 1 aliphatic rings. The van der Waals surface area contributed by atoms with Crippen LogP contribution >= 0.6 is 0 Å². The molecule has 3 heterocycles. The highest BCUT2D eigenvalue weighted by atomic mass is 16.5. The first-order valence-corrected chi connectivity index (χ1v) is 12.2. The fourth-order valence-electron chi connectivity index (χ4n) is 4.09. The van der Waals surface area contributed by atoms with Gasteiger partial charge in [-0.15, -0.1) is 0 Å². The van der Waals surface area contributed by atoms with Crippen LogP contribution in [-0.2, 0) is 0 Å². The second-order valence-electron chi connectivity index (χ2n) is 9.22. The Hall–Kier alpha value is -4.22. The fraction of sp³-hybridized carbons (Fsp3) is 0.310. The van der Waals surface area contributed by atoms with Crippen LogP contribution in [0.15, 0.2) is 67.0 Å². The lowest BCUT2D eigenvalue weighted by Gasteiger charge is -2.37. The van der Waals surface area contributed by atoms with Crippen molar-refractivity contribution in [2.75, 3.05) is 26.7 Å². The number of hydrogen-bond donors (Lipinski definition) is 1. The first-order chi connectivity index (χ1) is 17.9. The third-order valence-electron chi connectivity index (χ3n) is 6.33. The van der Waals surface area contributed by atoms with Crippen molar-refractivity contribution in [1.82, 2.24) is 19.8 Å². The van der Waals surface area contributed by atoms with E-state index in [1.54, 1.807) is 60.4 Å². The van der Waals surface area contributed by atoms with E-state index in [-0.39, 0.29) is 42.3 Å². The molecule has 1 aliphatic heterocycles. The monoisotopic (exact) mass is 498 g/mol. The van der Waals surface area contributed by atoms with E-state index in [4.69, 9.17) is 4.74 Å². The van der Waals surface area contributed by atoms with Gasteiger partial charge in [-0.1, -0.05) is 43.0 Å². The molecule has 0 saturated carbocycles. The van der Waals surface area contributed by atoms with E-state index in [1.165, 1.54) is 0 Å². The van der Waals surface area contributed by atoms with Crippen LogP contribution in [-0.4, -0.2) is 75.6 Å². The van der Waals surface area contributed by atoms with Gasteiger partial charge in [0.05, 0.1) is 19.2 Å². The maximum absolute atomic E-state index is 13.6. The molecule has 4 rings (SSSR count). The van der Waals surface area contributed by atoms with E-state index < -0.39 is 12.1 Å². The van der Waals surface area contributed by atoms with Crippen LogP contribution in [0.3, 0.4) is 0 Å². The molecular weight excluding hydrogens is 468 g/mol. The molecule has 0 spiro atoms. The third kappa shape index (κ3) is 6.13. The summed E-state index contributed by atoms with van der Waals surface area (Å²) in [5.41, 5.74) is 2.04. The Kier molecular flexibility index (Phi) is 8.16. The Morgan fingerprint density at radius 1 is 1.16 bits per heavy atom. The van der Waals surface area contributed by atoms with Crippen LogP contribution in [0, 0.1) is 17.8 Å². The summed E-state index contributed by atoms with van der Waals surface area (Å²) in [4.78, 5) is 38.3. The average Bonchev–Trinajstić information content (AvgIpc) is 2.94. The van der Waals surface area contributed by atoms with Gasteiger partial charge in [0.1, 0.15) is 17.4 Å². The van der Waals surface area contributed by atoms with Crippen LogP contribution in [0.2, 0.25) is 0 Å². The highest BCUT2D eigenvalue weighted by Crippen LogP contribution is 2.27. The van der Waals surface area contributed by atoms with Crippen LogP contribution in [0.4, 0.5) is 0 Å². The van der Waals surface area contributed by atoms with Crippen molar-refractivity contribution in [3.8, 4) is 17.7 Å². The molecule has 0 saturated heterocycles. The number of fused-ring (bicyclic) bond motifs is 1. The molecule has 2 amide bonds. The summed E-state index contributed by atoms with van der Waals surface area (Å²) in [5.74, 6) is 5.67. The summed E-state index contributed by atoms with van der Waals surface area (Å²) in [7, 11) is 1.70. The molecule has 3 aromatic rings. The second kappa shape index (κ2) is 11.7. The minimum Gasteiger partial charge on any atom is -0.472 e. The molecule has 2 aromatic heterocycles. The molecule has 0 fully saturated rings. The topological polar surface area (TPSA) is 95.9 Å². The number of carbonyl (C=O) groups is 2. The van der Waals surface area contributed by atoms with Crippen molar-refractivity contribution in [1.29, 1.82) is 0 Å². The molecule has 0 radical (unpaired) electrons. The van der Waals surface area contributed by atoms with Gasteiger partial charge in [-0.2, -0.15) is 0 Å². The predicted molar refractivity (Wildman–Crippen MR) is 139 cm³/mol. The van der Waals surface area contributed by atoms with Gasteiger partial charge in [0.25, 0.3) is 11.8 Å². The second-order valence-corrected chi connectivity index (χ2v) is 9.22. The van der Waals surface area contributed by atoms with Gasteiger partial charge in [0, 0.05) is 43.0 Å². The largest absolute Gasteiger partial charge is 0.472 e. The number of aliphatic hydroxyl groups excluding tert-OH is 1. The Morgan fingerprint density at radius 3 is 2.59 bits per heavy atom. The van der Waals surface area contributed by atoms with Gasteiger partial charge in [-0.25, -0.2) is 4.98 Å². The van der Waals surface area contributed by atoms with Crippen LogP contribution < -0.4 is 4.74 Å². The highest BCUT2D eigenvalue weighted by Gasteiger charge is 2.34. The molecular formula is C29H30N4O4. The quantitative estimate of drug-likeness (QED) is 0.544. The van der Waals surface area contributed by atoms with Crippen molar-refractivity contribution in [2.45, 2.75) is 26.0 Å². The molecule has 0 bridgehead atoms. The molecule has 3 atom stereocenters. The maximum atomic E-state index is 13.6. The molecule has 190 valence electrons. The number of hydrogen-bond acceptors (Lipinski definition) is 6. The summed E-state index contributed by atoms with van der Waals surface area (Å²) in [6, 6.07) is 16.0. The van der Waals surface area contributed by atoms with E-state index in [2.05, 4.69) is 21.8 Å². The number of carbonyl (C=O) groups excluding carboxylic acids is 2. The van der Waals surface area contributed by atoms with E-state index in [9.17, 15) is 14.7 Å². The summed E-state index contributed by atoms with van der Waals surface area (Å²) in [5, 5.41) is 9.85. The van der Waals surface area contributed by atoms with Gasteiger partial charge in [-0.05, 0) is 37.3 Å². The lowest BCUT2D eigenvalue weighted by atomic mass is 9.99. The predicted octanol–water partition coefficient (Wildman–Crippen LogP) is 2.87. The van der Waals surface area contributed by atoms with Crippen LogP contribution in [0.5, 0.6) is 5.88 Å².